The van der Waals surface area contributed by atoms with E-state index >= 15 is 0 Å². The van der Waals surface area contributed by atoms with Crippen LogP contribution < -0.4 is 0 Å². The van der Waals surface area contributed by atoms with Crippen LogP contribution in [0, 0.1) is 0 Å². The normalized spacial score (nSPS) is 13.7. The maximum absolute atomic E-state index is 10.8. The molecule has 0 saturated carbocycles. The summed E-state index contributed by atoms with van der Waals surface area (Å²) in [4.78, 5) is 13.6. The van der Waals surface area contributed by atoms with Crippen LogP contribution in [0.3, 0.4) is 0 Å². The molecule has 0 aliphatic rings. The number of hydrogen-bond acceptors (Lipinski definition) is 2. The Kier molecular flexibility index (Phi) is 1.42. The topological polar surface area (TPSA) is 73.3 Å². The number of aliphatic carboxylic acids is 1. The van der Waals surface area contributed by atoms with Crippen LogP contribution >= 0.6 is 0 Å². The predicted octanol–water partition coefficient (Wildman–Crippen LogP) is 1.50. The molecule has 72 valence electrons. The van der Waals surface area contributed by atoms with E-state index in [1.165, 1.54) is 18.3 Å². The average molecular weight is 193 g/mol. The van der Waals surface area contributed by atoms with Crippen molar-refractivity contribution in [2.24, 2.45) is 0 Å². The molecular formula is C10H9NO3. The Morgan fingerprint density at radius 3 is 3.07 bits per heavy atom. The first-order valence-corrected chi connectivity index (χ1v) is 3.97. The van der Waals surface area contributed by atoms with E-state index in [1.807, 2.05) is 0 Å². The van der Waals surface area contributed by atoms with E-state index in [1.54, 1.807) is 6.07 Å². The van der Waals surface area contributed by atoms with Crippen LogP contribution in [0.4, 0.5) is 0 Å². The number of carboxylic acid groups (broad SMARTS) is 1. The maximum Gasteiger partial charge on any atom is 0.307 e. The first kappa shape index (κ1) is 6.48. The number of aromatic hydroxyl groups is 1. The number of aromatic nitrogens is 1. The van der Waals surface area contributed by atoms with Crippen molar-refractivity contribution in [2.75, 3.05) is 0 Å². The van der Waals surface area contributed by atoms with E-state index in [0.717, 1.165) is 0 Å². The SMILES string of the molecule is [2H]C([2H])(C(=O)O)c1c[nH]c2ccc(O)cc12. The molecule has 4 nitrogen and oxygen atoms in total. The minimum Gasteiger partial charge on any atom is -0.508 e. The highest BCUT2D eigenvalue weighted by atomic mass is 16.4. The molecule has 0 aliphatic carbocycles. The summed E-state index contributed by atoms with van der Waals surface area (Å²) in [5.74, 6) is -1.59. The minimum atomic E-state index is -2.48. The fraction of sp³-hybridized carbons (Fsp3) is 0.100. The standard InChI is InChI=1S/C10H9NO3/c12-7-1-2-9-8(4-7)6(5-11-9)3-10(13)14/h1-2,4-5,11-12H,3H2,(H,13,14)/i3D2. The number of carboxylic acids is 1. The quantitative estimate of drug-likeness (QED) is 0.676. The molecule has 4 heteroatoms. The maximum atomic E-state index is 10.8. The second kappa shape index (κ2) is 3.06. The lowest BCUT2D eigenvalue weighted by Gasteiger charge is -1.95. The number of aromatic amines is 1. The van der Waals surface area contributed by atoms with Gasteiger partial charge in [-0.1, -0.05) is 0 Å². The van der Waals surface area contributed by atoms with Crippen LogP contribution in [0.25, 0.3) is 10.9 Å². The van der Waals surface area contributed by atoms with E-state index in [-0.39, 0.29) is 11.3 Å². The van der Waals surface area contributed by atoms with Crippen molar-refractivity contribution in [3.8, 4) is 5.75 Å². The van der Waals surface area contributed by atoms with Crippen molar-refractivity contribution in [3.63, 3.8) is 0 Å². The van der Waals surface area contributed by atoms with Gasteiger partial charge in [0.05, 0.1) is 6.37 Å². The zero-order chi connectivity index (χ0) is 11.9. The van der Waals surface area contributed by atoms with Gasteiger partial charge in [-0.05, 0) is 23.8 Å². The monoisotopic (exact) mass is 193 g/mol. The van der Waals surface area contributed by atoms with E-state index in [9.17, 15) is 9.90 Å². The summed E-state index contributed by atoms with van der Waals surface area (Å²) in [6, 6.07) is 4.34. The predicted molar refractivity (Wildman–Crippen MR) is 51.3 cm³/mol. The third kappa shape index (κ3) is 1.42. The zero-order valence-electron chi connectivity index (χ0n) is 9.11. The highest BCUT2D eigenvalue weighted by Crippen LogP contribution is 2.23. The van der Waals surface area contributed by atoms with Crippen LogP contribution in [0.5, 0.6) is 5.75 Å². The molecule has 0 bridgehead atoms. The summed E-state index contributed by atoms with van der Waals surface area (Å²) in [6.45, 7) is 0. The zero-order valence-corrected chi connectivity index (χ0v) is 7.11. The molecule has 14 heavy (non-hydrogen) atoms. The molecule has 1 aromatic carbocycles. The highest BCUT2D eigenvalue weighted by molar-refractivity contribution is 5.87. The van der Waals surface area contributed by atoms with Crippen LogP contribution in [-0.4, -0.2) is 21.2 Å². The lowest BCUT2D eigenvalue weighted by Crippen LogP contribution is -1.98. The third-order valence-electron chi connectivity index (χ3n) is 1.91. The van der Waals surface area contributed by atoms with Gasteiger partial charge in [-0.3, -0.25) is 4.79 Å². The number of H-pyrrole nitrogens is 1. The Morgan fingerprint density at radius 2 is 2.36 bits per heavy atom. The van der Waals surface area contributed by atoms with Crippen molar-refractivity contribution in [2.45, 2.75) is 6.37 Å². The van der Waals surface area contributed by atoms with E-state index in [2.05, 4.69) is 4.98 Å². The van der Waals surface area contributed by atoms with Gasteiger partial charge in [-0.15, -0.1) is 0 Å². The molecule has 0 radical (unpaired) electrons. The summed E-state index contributed by atoms with van der Waals surface area (Å²) in [5.41, 5.74) is 0.587. The smallest absolute Gasteiger partial charge is 0.307 e. The van der Waals surface area contributed by atoms with Crippen LogP contribution in [0.2, 0.25) is 0 Å². The summed E-state index contributed by atoms with van der Waals surface area (Å²) < 4.78 is 14.9. The number of hydrogen-bond donors (Lipinski definition) is 3. The molecule has 0 spiro atoms. The van der Waals surface area contributed by atoms with Gasteiger partial charge in [0.25, 0.3) is 0 Å². The molecule has 0 unspecified atom stereocenters. The number of benzene rings is 1. The Labute approximate surface area is 82.6 Å². The van der Waals surface area contributed by atoms with Crippen LogP contribution in [0.15, 0.2) is 24.4 Å². The summed E-state index contributed by atoms with van der Waals surface area (Å²) in [6.07, 6.45) is -1.18. The lowest BCUT2D eigenvalue weighted by molar-refractivity contribution is -0.136. The molecule has 0 fully saturated rings. The number of fused-ring (bicyclic) bond motifs is 1. The molecule has 0 saturated heterocycles. The molecular weight excluding hydrogens is 182 g/mol. The average Bonchev–Trinajstić information content (AvgIpc) is 2.60. The van der Waals surface area contributed by atoms with Crippen molar-refractivity contribution in [1.82, 2.24) is 4.98 Å². The first-order chi connectivity index (χ1) is 7.43. The van der Waals surface area contributed by atoms with Crippen LogP contribution in [0.1, 0.15) is 8.30 Å². The van der Waals surface area contributed by atoms with Gasteiger partial charge in [-0.2, -0.15) is 0 Å². The van der Waals surface area contributed by atoms with Gasteiger partial charge in [0.15, 0.2) is 0 Å². The Morgan fingerprint density at radius 1 is 1.57 bits per heavy atom. The highest BCUT2D eigenvalue weighted by Gasteiger charge is 2.07. The van der Waals surface area contributed by atoms with Crippen molar-refractivity contribution >= 4 is 16.9 Å². The molecule has 0 atom stereocenters. The second-order valence-electron chi connectivity index (χ2n) is 2.86. The van der Waals surface area contributed by atoms with Crippen molar-refractivity contribution in [3.05, 3.63) is 30.0 Å². The van der Waals surface area contributed by atoms with Gasteiger partial charge >= 0.3 is 5.97 Å². The number of phenolic OH excluding ortho intramolecular Hbond substituents is 1. The summed E-state index contributed by atoms with van der Waals surface area (Å²) in [7, 11) is 0. The lowest BCUT2D eigenvalue weighted by atomic mass is 10.1. The molecule has 1 aromatic heterocycles. The molecule has 0 amide bonds. The van der Waals surface area contributed by atoms with Gasteiger partial charge in [0.1, 0.15) is 5.75 Å². The number of carbonyl (C=O) groups is 1. The molecule has 2 aromatic rings. The van der Waals surface area contributed by atoms with Crippen molar-refractivity contribution in [1.29, 1.82) is 0 Å². The van der Waals surface area contributed by atoms with E-state index in [4.69, 9.17) is 7.85 Å². The van der Waals surface area contributed by atoms with E-state index in [0.29, 0.717) is 10.9 Å². The molecule has 1 heterocycles. The Hall–Kier alpha value is -1.97. The number of nitrogens with one attached hydrogen (secondary N) is 1. The van der Waals surface area contributed by atoms with Gasteiger partial charge in [-0.25, -0.2) is 0 Å². The number of rotatable bonds is 2. The molecule has 0 aliphatic heterocycles. The van der Waals surface area contributed by atoms with Gasteiger partial charge in [0, 0.05) is 19.8 Å². The molecule has 3 N–H and O–H groups in total. The van der Waals surface area contributed by atoms with Gasteiger partial charge < -0.3 is 15.2 Å². The molecule has 2 rings (SSSR count). The Balaban J connectivity index is 2.70. The number of phenols is 1. The Bertz CT molecular complexity index is 562. The largest absolute Gasteiger partial charge is 0.508 e. The second-order valence-corrected chi connectivity index (χ2v) is 2.86. The van der Waals surface area contributed by atoms with Crippen molar-refractivity contribution < 1.29 is 17.7 Å². The van der Waals surface area contributed by atoms with E-state index < -0.39 is 12.3 Å². The fourth-order valence-corrected chi connectivity index (χ4v) is 1.33. The minimum absolute atomic E-state index is 0.00546. The summed E-state index contributed by atoms with van der Waals surface area (Å²) >= 11 is 0. The third-order valence-corrected chi connectivity index (χ3v) is 1.91. The summed E-state index contributed by atoms with van der Waals surface area (Å²) in [5, 5.41) is 18.5. The fourth-order valence-electron chi connectivity index (χ4n) is 1.33. The van der Waals surface area contributed by atoms with Gasteiger partial charge in [0.2, 0.25) is 0 Å². The van der Waals surface area contributed by atoms with Crippen LogP contribution in [-0.2, 0) is 11.2 Å². The first-order valence-electron chi connectivity index (χ1n) is 4.97.